The molecule has 0 fully saturated rings. The van der Waals surface area contributed by atoms with Crippen LogP contribution in [0, 0.1) is 6.92 Å². The molecule has 0 aromatic heterocycles. The molecule has 0 saturated carbocycles. The van der Waals surface area contributed by atoms with Gasteiger partial charge in [0.25, 0.3) is 0 Å². The lowest BCUT2D eigenvalue weighted by Crippen LogP contribution is -2.23. The monoisotopic (exact) mass is 264 g/mol. The van der Waals surface area contributed by atoms with Gasteiger partial charge in [-0.25, -0.2) is 0 Å². The lowest BCUT2D eigenvalue weighted by Gasteiger charge is -2.25. The molecule has 0 radical (unpaired) electrons. The Morgan fingerprint density at radius 1 is 1.26 bits per heavy atom. The molecular formula is C15H24N2O2. The summed E-state index contributed by atoms with van der Waals surface area (Å²) in [7, 11) is 2.11. The van der Waals surface area contributed by atoms with Crippen LogP contribution >= 0.6 is 0 Å². The van der Waals surface area contributed by atoms with Crippen LogP contribution in [0.2, 0.25) is 0 Å². The second-order valence-corrected chi connectivity index (χ2v) is 5.32. The number of rotatable bonds is 5. The molecule has 1 aliphatic rings. The third kappa shape index (κ3) is 3.53. The van der Waals surface area contributed by atoms with Crippen LogP contribution in [-0.2, 0) is 0 Å². The summed E-state index contributed by atoms with van der Waals surface area (Å²) in [6.07, 6.45) is 2.15. The summed E-state index contributed by atoms with van der Waals surface area (Å²) in [6.45, 7) is 6.42. The Labute approximate surface area is 115 Å². The summed E-state index contributed by atoms with van der Waals surface area (Å²) < 4.78 is 11.2. The number of nitrogens with zero attached hydrogens (tertiary/aromatic N) is 1. The second-order valence-electron chi connectivity index (χ2n) is 5.32. The maximum Gasteiger partial charge on any atom is 0.163 e. The Bertz CT molecular complexity index is 432. The van der Waals surface area contributed by atoms with Crippen molar-refractivity contribution in [2.45, 2.75) is 32.7 Å². The van der Waals surface area contributed by atoms with Gasteiger partial charge in [0.05, 0.1) is 0 Å². The van der Waals surface area contributed by atoms with Gasteiger partial charge in [-0.2, -0.15) is 0 Å². The van der Waals surface area contributed by atoms with Crippen LogP contribution in [0.5, 0.6) is 11.5 Å². The van der Waals surface area contributed by atoms with Gasteiger partial charge in [-0.15, -0.1) is 0 Å². The number of fused-ring (bicyclic) bond motifs is 1. The molecule has 1 unspecified atom stereocenters. The van der Waals surface area contributed by atoms with E-state index in [2.05, 4.69) is 37.9 Å². The SMILES string of the molecule is Cc1cc2c(cc1N(C)CCCC(C)N)OCCO2. The summed E-state index contributed by atoms with van der Waals surface area (Å²) in [5.41, 5.74) is 8.20. The Morgan fingerprint density at radius 3 is 2.53 bits per heavy atom. The first-order chi connectivity index (χ1) is 9.08. The highest BCUT2D eigenvalue weighted by Crippen LogP contribution is 2.36. The first-order valence-electron chi connectivity index (χ1n) is 6.95. The highest BCUT2D eigenvalue weighted by Gasteiger charge is 2.15. The Morgan fingerprint density at radius 2 is 1.89 bits per heavy atom. The maximum absolute atomic E-state index is 5.78. The number of hydrogen-bond acceptors (Lipinski definition) is 4. The summed E-state index contributed by atoms with van der Waals surface area (Å²) in [5, 5.41) is 0. The van der Waals surface area contributed by atoms with Crippen LogP contribution in [0.3, 0.4) is 0 Å². The molecule has 1 heterocycles. The normalized spacial score (nSPS) is 15.2. The van der Waals surface area contributed by atoms with Crippen molar-refractivity contribution in [2.24, 2.45) is 5.73 Å². The topological polar surface area (TPSA) is 47.7 Å². The van der Waals surface area contributed by atoms with Gasteiger partial charge < -0.3 is 20.1 Å². The molecule has 1 aromatic rings. The maximum atomic E-state index is 5.78. The molecule has 0 amide bonds. The summed E-state index contributed by atoms with van der Waals surface area (Å²) >= 11 is 0. The van der Waals surface area contributed by atoms with E-state index in [1.165, 1.54) is 11.3 Å². The van der Waals surface area contributed by atoms with Crippen molar-refractivity contribution in [1.29, 1.82) is 0 Å². The van der Waals surface area contributed by atoms with Crippen LogP contribution in [0.1, 0.15) is 25.3 Å². The predicted molar refractivity (Wildman–Crippen MR) is 78.3 cm³/mol. The van der Waals surface area contributed by atoms with Crippen molar-refractivity contribution in [3.8, 4) is 11.5 Å². The van der Waals surface area contributed by atoms with Crippen molar-refractivity contribution in [1.82, 2.24) is 0 Å². The largest absolute Gasteiger partial charge is 0.486 e. The Balaban J connectivity index is 2.06. The zero-order valence-electron chi connectivity index (χ0n) is 12.1. The summed E-state index contributed by atoms with van der Waals surface area (Å²) in [5.74, 6) is 1.71. The highest BCUT2D eigenvalue weighted by molar-refractivity contribution is 5.61. The number of anilines is 1. The van der Waals surface area contributed by atoms with E-state index in [9.17, 15) is 0 Å². The van der Waals surface area contributed by atoms with Crippen molar-refractivity contribution in [3.05, 3.63) is 17.7 Å². The van der Waals surface area contributed by atoms with E-state index in [1.807, 2.05) is 0 Å². The number of hydrogen-bond donors (Lipinski definition) is 1. The Kier molecular flexibility index (Phi) is 4.53. The molecule has 2 N–H and O–H groups in total. The molecule has 1 aliphatic heterocycles. The van der Waals surface area contributed by atoms with E-state index in [0.29, 0.717) is 13.2 Å². The van der Waals surface area contributed by atoms with E-state index in [4.69, 9.17) is 15.2 Å². The highest BCUT2D eigenvalue weighted by atomic mass is 16.6. The van der Waals surface area contributed by atoms with Crippen LogP contribution in [-0.4, -0.2) is 32.8 Å². The van der Waals surface area contributed by atoms with E-state index in [1.54, 1.807) is 0 Å². The fourth-order valence-electron chi connectivity index (χ4n) is 2.36. The van der Waals surface area contributed by atoms with E-state index < -0.39 is 0 Å². The molecule has 0 saturated heterocycles. The minimum atomic E-state index is 0.273. The van der Waals surface area contributed by atoms with Crippen molar-refractivity contribution in [2.75, 3.05) is 31.7 Å². The van der Waals surface area contributed by atoms with Gasteiger partial charge in [0.2, 0.25) is 0 Å². The van der Waals surface area contributed by atoms with Crippen LogP contribution < -0.4 is 20.1 Å². The average molecular weight is 264 g/mol. The molecule has 4 heteroatoms. The third-order valence-electron chi connectivity index (χ3n) is 3.42. The standard InChI is InChI=1S/C15H24N2O2/c1-11-9-14-15(19-8-7-18-14)10-13(11)17(3)6-4-5-12(2)16/h9-10,12H,4-8,16H2,1-3H3. The lowest BCUT2D eigenvalue weighted by atomic mass is 10.1. The quantitative estimate of drug-likeness (QED) is 0.886. The first kappa shape index (κ1) is 14.0. The van der Waals surface area contributed by atoms with E-state index in [0.717, 1.165) is 30.9 Å². The predicted octanol–water partition coefficient (Wildman–Crippen LogP) is 2.33. The van der Waals surface area contributed by atoms with Crippen LogP contribution in [0.4, 0.5) is 5.69 Å². The summed E-state index contributed by atoms with van der Waals surface area (Å²) in [4.78, 5) is 2.26. The molecule has 19 heavy (non-hydrogen) atoms. The minimum Gasteiger partial charge on any atom is -0.486 e. The fourth-order valence-corrected chi connectivity index (χ4v) is 2.36. The molecule has 4 nitrogen and oxygen atoms in total. The Hall–Kier alpha value is -1.42. The van der Waals surface area contributed by atoms with Crippen molar-refractivity contribution < 1.29 is 9.47 Å². The zero-order chi connectivity index (χ0) is 13.8. The third-order valence-corrected chi connectivity index (χ3v) is 3.42. The minimum absolute atomic E-state index is 0.273. The summed E-state index contributed by atoms with van der Waals surface area (Å²) in [6, 6.07) is 4.41. The smallest absolute Gasteiger partial charge is 0.163 e. The molecule has 0 bridgehead atoms. The lowest BCUT2D eigenvalue weighted by molar-refractivity contribution is 0.171. The van der Waals surface area contributed by atoms with E-state index in [-0.39, 0.29) is 6.04 Å². The van der Waals surface area contributed by atoms with Gasteiger partial charge in [0.1, 0.15) is 13.2 Å². The van der Waals surface area contributed by atoms with Gasteiger partial charge in [0.15, 0.2) is 11.5 Å². The van der Waals surface area contributed by atoms with Crippen LogP contribution in [0.25, 0.3) is 0 Å². The van der Waals surface area contributed by atoms with Gasteiger partial charge in [0, 0.05) is 31.4 Å². The number of aryl methyl sites for hydroxylation is 1. The molecular weight excluding hydrogens is 240 g/mol. The zero-order valence-corrected chi connectivity index (χ0v) is 12.1. The van der Waals surface area contributed by atoms with Gasteiger partial charge in [-0.3, -0.25) is 0 Å². The molecule has 2 rings (SSSR count). The van der Waals surface area contributed by atoms with Gasteiger partial charge >= 0.3 is 0 Å². The average Bonchev–Trinajstić information content (AvgIpc) is 2.37. The van der Waals surface area contributed by atoms with Crippen LogP contribution in [0.15, 0.2) is 12.1 Å². The second kappa shape index (κ2) is 6.15. The number of ether oxygens (including phenoxy) is 2. The van der Waals surface area contributed by atoms with Gasteiger partial charge in [-0.1, -0.05) is 0 Å². The molecule has 1 atom stereocenters. The number of benzene rings is 1. The first-order valence-corrected chi connectivity index (χ1v) is 6.95. The van der Waals surface area contributed by atoms with E-state index >= 15 is 0 Å². The van der Waals surface area contributed by atoms with Crippen molar-refractivity contribution >= 4 is 5.69 Å². The molecule has 0 aliphatic carbocycles. The molecule has 106 valence electrons. The molecule has 0 spiro atoms. The van der Waals surface area contributed by atoms with Crippen molar-refractivity contribution in [3.63, 3.8) is 0 Å². The number of nitrogens with two attached hydrogens (primary N) is 1. The molecule has 1 aromatic carbocycles. The van der Waals surface area contributed by atoms with Gasteiger partial charge in [-0.05, 0) is 38.3 Å². The fraction of sp³-hybridized carbons (Fsp3) is 0.600.